The molecule has 0 aliphatic carbocycles. The Hall–Kier alpha value is -3.08. The van der Waals surface area contributed by atoms with Crippen molar-refractivity contribution >= 4 is 5.91 Å². The molecule has 0 aliphatic rings. The zero-order valence-corrected chi connectivity index (χ0v) is 15.5. The van der Waals surface area contributed by atoms with E-state index in [0.717, 1.165) is 28.3 Å². The number of imidazole rings is 1. The number of benzene rings is 2. The number of ether oxygens (including phenoxy) is 1. The lowest BCUT2D eigenvalue weighted by atomic mass is 10.0. The van der Waals surface area contributed by atoms with Gasteiger partial charge in [-0.1, -0.05) is 24.3 Å². The summed E-state index contributed by atoms with van der Waals surface area (Å²) in [7, 11) is 3.54. The van der Waals surface area contributed by atoms with Gasteiger partial charge in [0.2, 0.25) is 0 Å². The fraction of sp³-hybridized carbons (Fsp3) is 0.238. The van der Waals surface area contributed by atoms with Crippen LogP contribution < -0.4 is 10.1 Å². The molecule has 1 heterocycles. The molecule has 1 amide bonds. The van der Waals surface area contributed by atoms with Crippen molar-refractivity contribution in [3.05, 3.63) is 82.9 Å². The molecule has 0 fully saturated rings. The van der Waals surface area contributed by atoms with Crippen LogP contribution in [-0.4, -0.2) is 22.6 Å². The predicted octanol–water partition coefficient (Wildman–Crippen LogP) is 3.56. The number of hydrogen-bond acceptors (Lipinski definition) is 3. The second-order valence-electron chi connectivity index (χ2n) is 6.33. The van der Waals surface area contributed by atoms with Crippen LogP contribution >= 0.6 is 0 Å². The average molecular weight is 349 g/mol. The fourth-order valence-electron chi connectivity index (χ4n) is 2.98. The maximum Gasteiger partial charge on any atom is 0.252 e. The molecule has 2 aromatic carbocycles. The summed E-state index contributed by atoms with van der Waals surface area (Å²) in [4.78, 5) is 17.4. The Morgan fingerprint density at radius 3 is 2.65 bits per heavy atom. The van der Waals surface area contributed by atoms with Crippen molar-refractivity contribution in [3.63, 3.8) is 0 Å². The smallest absolute Gasteiger partial charge is 0.252 e. The van der Waals surface area contributed by atoms with Gasteiger partial charge in [0.15, 0.2) is 0 Å². The molecule has 3 rings (SSSR count). The van der Waals surface area contributed by atoms with Gasteiger partial charge >= 0.3 is 0 Å². The number of carbonyl (C=O) groups is 1. The summed E-state index contributed by atoms with van der Waals surface area (Å²) in [5.41, 5.74) is 3.66. The minimum absolute atomic E-state index is 0.123. The highest BCUT2D eigenvalue weighted by Crippen LogP contribution is 2.25. The molecule has 0 radical (unpaired) electrons. The van der Waals surface area contributed by atoms with Gasteiger partial charge in [0.25, 0.3) is 5.91 Å². The van der Waals surface area contributed by atoms with E-state index >= 15 is 0 Å². The van der Waals surface area contributed by atoms with Crippen LogP contribution in [0.4, 0.5) is 0 Å². The number of nitrogens with zero attached hydrogens (tertiary/aromatic N) is 2. The molecular formula is C21H23N3O2. The number of carbonyl (C=O) groups excluding carboxylic acids is 1. The van der Waals surface area contributed by atoms with Crippen LogP contribution in [0.15, 0.2) is 54.9 Å². The fourth-order valence-corrected chi connectivity index (χ4v) is 2.98. The molecule has 1 N–H and O–H groups in total. The molecule has 0 bridgehead atoms. The van der Waals surface area contributed by atoms with E-state index in [1.807, 2.05) is 74.1 Å². The number of methoxy groups -OCH3 is 1. The number of hydrogen-bond donors (Lipinski definition) is 1. The minimum atomic E-state index is -0.377. The average Bonchev–Trinajstić information content (AvgIpc) is 3.07. The van der Waals surface area contributed by atoms with Crippen molar-refractivity contribution in [2.75, 3.05) is 7.11 Å². The summed E-state index contributed by atoms with van der Waals surface area (Å²) < 4.78 is 7.25. The minimum Gasteiger partial charge on any atom is -0.497 e. The van der Waals surface area contributed by atoms with Crippen molar-refractivity contribution in [2.45, 2.75) is 19.9 Å². The van der Waals surface area contributed by atoms with Gasteiger partial charge in [-0.3, -0.25) is 4.79 Å². The Bertz CT molecular complexity index is 931. The highest BCUT2D eigenvalue weighted by molar-refractivity contribution is 5.96. The molecule has 0 spiro atoms. The molecule has 0 saturated carbocycles. The van der Waals surface area contributed by atoms with Crippen molar-refractivity contribution in [1.82, 2.24) is 14.9 Å². The first-order valence-corrected chi connectivity index (χ1v) is 8.49. The van der Waals surface area contributed by atoms with Gasteiger partial charge in [-0.15, -0.1) is 0 Å². The molecular weight excluding hydrogens is 326 g/mol. The predicted molar refractivity (Wildman–Crippen MR) is 101 cm³/mol. The van der Waals surface area contributed by atoms with Gasteiger partial charge in [-0.25, -0.2) is 4.98 Å². The lowest BCUT2D eigenvalue weighted by Gasteiger charge is -2.20. The maximum atomic E-state index is 13.0. The molecule has 5 nitrogen and oxygen atoms in total. The normalized spacial score (nSPS) is 11.8. The third-order valence-electron chi connectivity index (χ3n) is 4.67. The third-order valence-corrected chi connectivity index (χ3v) is 4.67. The summed E-state index contributed by atoms with van der Waals surface area (Å²) in [5, 5.41) is 3.13. The number of aryl methyl sites for hydroxylation is 2. The summed E-state index contributed by atoms with van der Waals surface area (Å²) in [5.74, 6) is 1.38. The summed E-state index contributed by atoms with van der Waals surface area (Å²) in [6.07, 6.45) is 3.60. The van der Waals surface area contributed by atoms with Gasteiger partial charge < -0.3 is 14.6 Å². The number of aromatic nitrogens is 2. The Morgan fingerprint density at radius 2 is 1.96 bits per heavy atom. The first-order chi connectivity index (χ1) is 12.5. The molecule has 0 saturated heterocycles. The van der Waals surface area contributed by atoms with E-state index in [9.17, 15) is 4.79 Å². The van der Waals surface area contributed by atoms with Crippen LogP contribution in [0.25, 0.3) is 0 Å². The van der Waals surface area contributed by atoms with Crippen LogP contribution in [0.2, 0.25) is 0 Å². The second kappa shape index (κ2) is 7.44. The molecule has 1 atom stereocenters. The van der Waals surface area contributed by atoms with E-state index in [4.69, 9.17) is 4.74 Å². The quantitative estimate of drug-likeness (QED) is 0.766. The van der Waals surface area contributed by atoms with E-state index in [1.165, 1.54) is 0 Å². The first-order valence-electron chi connectivity index (χ1n) is 8.49. The zero-order chi connectivity index (χ0) is 18.7. The Kier molecular flexibility index (Phi) is 5.07. The lowest BCUT2D eigenvalue weighted by Crippen LogP contribution is -2.31. The Labute approximate surface area is 153 Å². The molecule has 5 heteroatoms. The van der Waals surface area contributed by atoms with Gasteiger partial charge in [0.05, 0.1) is 7.11 Å². The highest BCUT2D eigenvalue weighted by atomic mass is 16.5. The topological polar surface area (TPSA) is 56.1 Å². The van der Waals surface area contributed by atoms with Crippen molar-refractivity contribution < 1.29 is 9.53 Å². The number of nitrogens with one attached hydrogen (secondary N) is 1. The molecule has 1 aromatic heterocycles. The molecule has 26 heavy (non-hydrogen) atoms. The largest absolute Gasteiger partial charge is 0.497 e. The van der Waals surface area contributed by atoms with Crippen molar-refractivity contribution in [2.24, 2.45) is 7.05 Å². The summed E-state index contributed by atoms with van der Waals surface area (Å²) in [6, 6.07) is 13.0. The number of amides is 1. The highest BCUT2D eigenvalue weighted by Gasteiger charge is 2.22. The summed E-state index contributed by atoms with van der Waals surface area (Å²) >= 11 is 0. The molecule has 0 aliphatic heterocycles. The first kappa shape index (κ1) is 17.7. The SMILES string of the molecule is COc1cccc(C(NC(=O)c2cccc(C)c2C)c2nccn2C)c1. The van der Waals surface area contributed by atoms with Crippen LogP contribution in [0.5, 0.6) is 5.75 Å². The molecule has 3 aromatic rings. The molecule has 1 unspecified atom stereocenters. The monoisotopic (exact) mass is 349 g/mol. The van der Waals surface area contributed by atoms with Crippen LogP contribution in [-0.2, 0) is 7.05 Å². The second-order valence-corrected chi connectivity index (χ2v) is 6.33. The van der Waals surface area contributed by atoms with E-state index in [1.54, 1.807) is 13.3 Å². The van der Waals surface area contributed by atoms with Gasteiger partial charge in [-0.05, 0) is 48.7 Å². The van der Waals surface area contributed by atoms with Crippen molar-refractivity contribution in [1.29, 1.82) is 0 Å². The lowest BCUT2D eigenvalue weighted by molar-refractivity contribution is 0.0940. The standard InChI is InChI=1S/C21H23N3O2/c1-14-7-5-10-18(15(14)2)21(25)23-19(20-22-11-12-24(20)3)16-8-6-9-17(13-16)26-4/h5-13,19H,1-4H3,(H,23,25). The maximum absolute atomic E-state index is 13.0. The van der Waals surface area contributed by atoms with Crippen LogP contribution in [0.1, 0.15) is 38.9 Å². The summed E-state index contributed by atoms with van der Waals surface area (Å²) in [6.45, 7) is 3.97. The Morgan fingerprint density at radius 1 is 1.19 bits per heavy atom. The van der Waals surface area contributed by atoms with Gasteiger partial charge in [-0.2, -0.15) is 0 Å². The number of rotatable bonds is 5. The Balaban J connectivity index is 2.00. The van der Waals surface area contributed by atoms with Gasteiger partial charge in [0.1, 0.15) is 17.6 Å². The third kappa shape index (κ3) is 3.47. The van der Waals surface area contributed by atoms with E-state index < -0.39 is 0 Å². The zero-order valence-electron chi connectivity index (χ0n) is 15.5. The van der Waals surface area contributed by atoms with Gasteiger partial charge in [0, 0.05) is 25.0 Å². The molecule has 134 valence electrons. The van der Waals surface area contributed by atoms with Crippen molar-refractivity contribution in [3.8, 4) is 5.75 Å². The van der Waals surface area contributed by atoms with Crippen LogP contribution in [0.3, 0.4) is 0 Å². The van der Waals surface area contributed by atoms with Crippen LogP contribution in [0, 0.1) is 13.8 Å². The van der Waals surface area contributed by atoms with E-state index in [2.05, 4.69) is 10.3 Å². The van der Waals surface area contributed by atoms with E-state index in [0.29, 0.717) is 5.56 Å². The van der Waals surface area contributed by atoms with E-state index in [-0.39, 0.29) is 11.9 Å².